The Labute approximate surface area is 178 Å². The second-order valence-corrected chi connectivity index (χ2v) is 8.20. The van der Waals surface area contributed by atoms with E-state index in [1.165, 1.54) is 51.9 Å². The van der Waals surface area contributed by atoms with E-state index in [4.69, 9.17) is 9.73 Å². The maximum atomic E-state index is 5.19. The first-order valence-corrected chi connectivity index (χ1v) is 10.4. The van der Waals surface area contributed by atoms with E-state index in [1.807, 2.05) is 0 Å². The number of aliphatic imine (C=N–C) groups is 1. The zero-order chi connectivity index (χ0) is 18.1. The molecular weight excluding hydrogens is 439 g/mol. The van der Waals surface area contributed by atoms with Gasteiger partial charge in [-0.1, -0.05) is 13.8 Å². The van der Waals surface area contributed by atoms with E-state index in [-0.39, 0.29) is 24.0 Å². The highest BCUT2D eigenvalue weighted by atomic mass is 127. The summed E-state index contributed by atoms with van der Waals surface area (Å²) >= 11 is 0. The summed E-state index contributed by atoms with van der Waals surface area (Å²) in [6, 6.07) is 0. The Bertz CT molecular complexity index is 397. The molecular formula is C20H41IN4O. The molecule has 154 valence electrons. The number of nitrogens with zero attached hydrogens (tertiary/aromatic N) is 3. The highest BCUT2D eigenvalue weighted by Crippen LogP contribution is 2.23. The molecule has 0 aromatic heterocycles. The van der Waals surface area contributed by atoms with Gasteiger partial charge >= 0.3 is 0 Å². The summed E-state index contributed by atoms with van der Waals surface area (Å²) in [4.78, 5) is 10.0. The van der Waals surface area contributed by atoms with Gasteiger partial charge in [-0.15, -0.1) is 24.0 Å². The number of nitrogens with one attached hydrogen (secondary N) is 1. The van der Waals surface area contributed by atoms with Gasteiger partial charge < -0.3 is 19.9 Å². The van der Waals surface area contributed by atoms with Crippen LogP contribution in [0, 0.1) is 17.8 Å². The van der Waals surface area contributed by atoms with Gasteiger partial charge in [-0.05, 0) is 63.5 Å². The van der Waals surface area contributed by atoms with Crippen LogP contribution in [-0.4, -0.2) is 75.3 Å². The van der Waals surface area contributed by atoms with Gasteiger partial charge in [-0.25, -0.2) is 0 Å². The Hall–Kier alpha value is -0.0800. The first kappa shape index (κ1) is 24.0. The molecule has 0 aromatic rings. The van der Waals surface area contributed by atoms with Crippen molar-refractivity contribution in [3.8, 4) is 0 Å². The summed E-state index contributed by atoms with van der Waals surface area (Å²) < 4.78 is 5.19. The predicted molar refractivity (Wildman–Crippen MR) is 122 cm³/mol. The third-order valence-corrected chi connectivity index (χ3v) is 5.54. The maximum Gasteiger partial charge on any atom is 0.193 e. The van der Waals surface area contributed by atoms with E-state index < -0.39 is 0 Å². The van der Waals surface area contributed by atoms with Gasteiger partial charge in [0.1, 0.15) is 0 Å². The fourth-order valence-electron chi connectivity index (χ4n) is 4.14. The van der Waals surface area contributed by atoms with Crippen molar-refractivity contribution < 1.29 is 4.74 Å². The minimum absolute atomic E-state index is 0. The van der Waals surface area contributed by atoms with E-state index in [1.54, 1.807) is 7.11 Å². The van der Waals surface area contributed by atoms with Gasteiger partial charge in [-0.2, -0.15) is 0 Å². The molecule has 0 amide bonds. The van der Waals surface area contributed by atoms with Gasteiger partial charge in [0.25, 0.3) is 0 Å². The van der Waals surface area contributed by atoms with E-state index in [0.29, 0.717) is 0 Å². The van der Waals surface area contributed by atoms with Crippen LogP contribution in [0.4, 0.5) is 0 Å². The molecule has 0 saturated carbocycles. The van der Waals surface area contributed by atoms with Gasteiger partial charge in [0.15, 0.2) is 5.96 Å². The highest BCUT2D eigenvalue weighted by molar-refractivity contribution is 14.0. The Morgan fingerprint density at radius 2 is 1.85 bits per heavy atom. The fourth-order valence-corrected chi connectivity index (χ4v) is 4.14. The monoisotopic (exact) mass is 480 g/mol. The Morgan fingerprint density at radius 1 is 1.15 bits per heavy atom. The van der Waals surface area contributed by atoms with Crippen LogP contribution in [-0.2, 0) is 4.74 Å². The fraction of sp³-hybridized carbons (Fsp3) is 0.950. The van der Waals surface area contributed by atoms with Gasteiger partial charge in [-0.3, -0.25) is 4.99 Å². The predicted octanol–water partition coefficient (Wildman–Crippen LogP) is 3.30. The van der Waals surface area contributed by atoms with Crippen molar-refractivity contribution in [3.63, 3.8) is 0 Å². The summed E-state index contributed by atoms with van der Waals surface area (Å²) in [5, 5.41) is 3.52. The summed E-state index contributed by atoms with van der Waals surface area (Å²) in [5.74, 6) is 3.53. The molecule has 1 N–H and O–H groups in total. The molecule has 1 atom stereocenters. The van der Waals surface area contributed by atoms with E-state index in [2.05, 4.69) is 35.9 Å². The molecule has 26 heavy (non-hydrogen) atoms. The third kappa shape index (κ3) is 8.30. The van der Waals surface area contributed by atoms with Crippen LogP contribution in [0.2, 0.25) is 0 Å². The van der Waals surface area contributed by atoms with Crippen LogP contribution < -0.4 is 5.32 Å². The number of guanidine groups is 1. The van der Waals surface area contributed by atoms with Crippen LogP contribution in [0.3, 0.4) is 0 Å². The quantitative estimate of drug-likeness (QED) is 0.329. The second-order valence-electron chi connectivity index (χ2n) is 8.20. The van der Waals surface area contributed by atoms with Gasteiger partial charge in [0.2, 0.25) is 0 Å². The summed E-state index contributed by atoms with van der Waals surface area (Å²) in [6.07, 6.45) is 5.20. The molecule has 2 heterocycles. The zero-order valence-corrected chi connectivity index (χ0v) is 19.7. The molecule has 2 aliphatic heterocycles. The molecule has 0 spiro atoms. The number of hydrogen-bond donors (Lipinski definition) is 1. The van der Waals surface area contributed by atoms with Crippen molar-refractivity contribution in [1.29, 1.82) is 0 Å². The van der Waals surface area contributed by atoms with Crippen LogP contribution >= 0.6 is 24.0 Å². The highest BCUT2D eigenvalue weighted by Gasteiger charge is 2.26. The molecule has 0 aromatic carbocycles. The number of halogens is 1. The summed E-state index contributed by atoms with van der Waals surface area (Å²) in [7, 11) is 1.79. The summed E-state index contributed by atoms with van der Waals surface area (Å²) in [5.41, 5.74) is 0. The molecule has 2 fully saturated rings. The average molecular weight is 480 g/mol. The van der Waals surface area contributed by atoms with Crippen LogP contribution in [0.1, 0.15) is 46.5 Å². The lowest BCUT2D eigenvalue weighted by atomic mass is 9.97. The number of rotatable bonds is 8. The van der Waals surface area contributed by atoms with E-state index >= 15 is 0 Å². The van der Waals surface area contributed by atoms with Gasteiger partial charge in [0.05, 0.1) is 6.61 Å². The number of methoxy groups -OCH3 is 1. The van der Waals surface area contributed by atoms with Crippen molar-refractivity contribution in [2.45, 2.75) is 46.5 Å². The number of hydrogen-bond acceptors (Lipinski definition) is 3. The lowest BCUT2D eigenvalue weighted by molar-refractivity contribution is 0.121. The molecule has 0 radical (unpaired) electrons. The topological polar surface area (TPSA) is 40.1 Å². The van der Waals surface area contributed by atoms with E-state index in [9.17, 15) is 0 Å². The van der Waals surface area contributed by atoms with Crippen LogP contribution in [0.25, 0.3) is 0 Å². The number of ether oxygens (including phenoxy) is 1. The molecule has 5 nitrogen and oxygen atoms in total. The zero-order valence-electron chi connectivity index (χ0n) is 17.4. The minimum atomic E-state index is 0. The minimum Gasteiger partial charge on any atom is -0.383 e. The van der Waals surface area contributed by atoms with Crippen molar-refractivity contribution in [3.05, 3.63) is 0 Å². The first-order valence-electron chi connectivity index (χ1n) is 10.4. The maximum absolute atomic E-state index is 5.19. The molecule has 1 unspecified atom stereocenters. The standard InChI is InChI=1S/C20H40N4O.HI/c1-5-21-20(24-11-8-19(16-24)14-17(2)3)22-15-18-6-9-23(10-7-18)12-13-25-4;/h17-19H,5-16H2,1-4H3,(H,21,22);1H. The summed E-state index contributed by atoms with van der Waals surface area (Å²) in [6.45, 7) is 15.4. The molecule has 2 saturated heterocycles. The largest absolute Gasteiger partial charge is 0.383 e. The normalized spacial score (nSPS) is 22.7. The van der Waals surface area contributed by atoms with Gasteiger partial charge in [0, 0.05) is 39.8 Å². The molecule has 6 heteroatoms. The van der Waals surface area contributed by atoms with Crippen LogP contribution in [0.5, 0.6) is 0 Å². The van der Waals surface area contributed by atoms with Crippen molar-refractivity contribution >= 4 is 29.9 Å². The van der Waals surface area contributed by atoms with Crippen molar-refractivity contribution in [2.75, 3.05) is 59.5 Å². The lowest BCUT2D eigenvalue weighted by Crippen LogP contribution is -2.41. The smallest absolute Gasteiger partial charge is 0.193 e. The molecule has 2 aliphatic rings. The molecule has 0 aliphatic carbocycles. The SMILES string of the molecule is CCNC(=NCC1CCN(CCOC)CC1)N1CCC(CC(C)C)C1.I. The number of likely N-dealkylation sites (tertiary alicyclic amines) is 2. The first-order chi connectivity index (χ1) is 12.1. The number of piperidine rings is 1. The Balaban J connectivity index is 0.00000338. The Kier molecular flexibility index (Phi) is 12.1. The molecule has 0 bridgehead atoms. The van der Waals surface area contributed by atoms with Crippen molar-refractivity contribution in [2.24, 2.45) is 22.7 Å². The third-order valence-electron chi connectivity index (χ3n) is 5.54. The second kappa shape index (κ2) is 13.2. The average Bonchev–Trinajstić information content (AvgIpc) is 3.05. The molecule has 2 rings (SSSR count). The van der Waals surface area contributed by atoms with Crippen LogP contribution in [0.15, 0.2) is 4.99 Å². The van der Waals surface area contributed by atoms with Crippen molar-refractivity contribution in [1.82, 2.24) is 15.1 Å². The lowest BCUT2D eigenvalue weighted by Gasteiger charge is -2.31. The van der Waals surface area contributed by atoms with E-state index in [0.717, 1.165) is 50.0 Å². The Morgan fingerprint density at radius 3 is 2.46 bits per heavy atom.